The minimum Gasteiger partial charge on any atom is -0.310 e. The average molecular weight is 625 g/mol. The van der Waals surface area contributed by atoms with Crippen LogP contribution in [-0.2, 0) is 10.8 Å². The Labute approximate surface area is 286 Å². The normalized spacial score (nSPS) is 19.5. The van der Waals surface area contributed by atoms with Gasteiger partial charge < -0.3 is 9.80 Å². The van der Waals surface area contributed by atoms with Gasteiger partial charge in [0.1, 0.15) is 0 Å². The van der Waals surface area contributed by atoms with Crippen LogP contribution in [-0.4, -0.2) is 0 Å². The van der Waals surface area contributed by atoms with E-state index in [9.17, 15) is 0 Å². The maximum absolute atomic E-state index is 2.53. The summed E-state index contributed by atoms with van der Waals surface area (Å²) < 4.78 is 0. The summed E-state index contributed by atoms with van der Waals surface area (Å²) in [5.74, 6) is 0. The second kappa shape index (κ2) is 11.9. The van der Waals surface area contributed by atoms with Crippen LogP contribution in [0.2, 0.25) is 0 Å². The molecule has 0 N–H and O–H groups in total. The van der Waals surface area contributed by atoms with E-state index in [1.54, 1.807) is 11.1 Å². The van der Waals surface area contributed by atoms with Gasteiger partial charge in [-0.25, -0.2) is 0 Å². The number of hydrogen-bond acceptors (Lipinski definition) is 2. The van der Waals surface area contributed by atoms with Crippen molar-refractivity contribution < 1.29 is 0 Å². The Morgan fingerprint density at radius 3 is 1.25 bits per heavy atom. The lowest BCUT2D eigenvalue weighted by atomic mass is 9.52. The zero-order valence-corrected chi connectivity index (χ0v) is 28.6. The summed E-state index contributed by atoms with van der Waals surface area (Å²) >= 11 is 0. The zero-order valence-electron chi connectivity index (χ0n) is 28.6. The zero-order chi connectivity index (χ0) is 32.9. The molecule has 48 heavy (non-hydrogen) atoms. The molecule has 2 nitrogen and oxygen atoms in total. The molecule has 6 aromatic rings. The van der Waals surface area contributed by atoms with Gasteiger partial charge in [0.2, 0.25) is 0 Å². The molecule has 0 unspecified atom stereocenters. The summed E-state index contributed by atoms with van der Waals surface area (Å²) in [5, 5.41) is 0. The largest absolute Gasteiger partial charge is 0.310 e. The Kier molecular flexibility index (Phi) is 7.48. The van der Waals surface area contributed by atoms with Gasteiger partial charge in [-0.1, -0.05) is 104 Å². The lowest BCUT2D eigenvalue weighted by molar-refractivity contribution is 0.188. The van der Waals surface area contributed by atoms with E-state index in [0.717, 1.165) is 34.1 Å². The van der Waals surface area contributed by atoms with Gasteiger partial charge in [0.25, 0.3) is 0 Å². The molecule has 9 rings (SSSR count). The number of hydrogen-bond donors (Lipinski definition) is 0. The van der Waals surface area contributed by atoms with Crippen molar-refractivity contribution >= 4 is 34.1 Å². The summed E-state index contributed by atoms with van der Waals surface area (Å²) in [6.07, 6.45) is 5.13. The maximum Gasteiger partial charge on any atom is 0.0488 e. The van der Waals surface area contributed by atoms with E-state index >= 15 is 0 Å². The quantitative estimate of drug-likeness (QED) is 0.174. The molecule has 0 saturated heterocycles. The van der Waals surface area contributed by atoms with Crippen LogP contribution >= 0.6 is 0 Å². The Balaban J connectivity index is 1.38. The molecule has 1 fully saturated rings. The molecule has 238 valence electrons. The van der Waals surface area contributed by atoms with E-state index in [2.05, 4.69) is 183 Å². The van der Waals surface area contributed by atoms with Crippen LogP contribution in [0, 0.1) is 13.8 Å². The number of rotatable bonds is 7. The molecule has 0 radical (unpaired) electrons. The first-order valence-electron chi connectivity index (χ1n) is 17.4. The smallest absolute Gasteiger partial charge is 0.0488 e. The minimum absolute atomic E-state index is 0.249. The molecule has 2 bridgehead atoms. The van der Waals surface area contributed by atoms with Crippen molar-refractivity contribution in [2.75, 3.05) is 9.80 Å². The van der Waals surface area contributed by atoms with Crippen molar-refractivity contribution in [3.63, 3.8) is 0 Å². The summed E-state index contributed by atoms with van der Waals surface area (Å²) in [6, 6.07) is 53.8. The van der Waals surface area contributed by atoms with Gasteiger partial charge in [0.05, 0.1) is 0 Å². The number of para-hydroxylation sites is 2. The van der Waals surface area contributed by atoms with Crippen molar-refractivity contribution in [1.29, 1.82) is 0 Å². The van der Waals surface area contributed by atoms with E-state index < -0.39 is 0 Å². The van der Waals surface area contributed by atoms with E-state index in [0.29, 0.717) is 5.41 Å². The summed E-state index contributed by atoms with van der Waals surface area (Å²) in [7, 11) is 0. The monoisotopic (exact) mass is 624 g/mol. The fourth-order valence-electron chi connectivity index (χ4n) is 8.10. The van der Waals surface area contributed by atoms with Crippen molar-refractivity contribution in [1.82, 2.24) is 0 Å². The lowest BCUT2D eigenvalue weighted by Gasteiger charge is -2.52. The van der Waals surface area contributed by atoms with E-state index in [1.165, 1.54) is 47.9 Å². The number of aryl methyl sites for hydroxylation is 2. The van der Waals surface area contributed by atoms with Gasteiger partial charge in [-0.15, -0.1) is 0 Å². The molecule has 0 amide bonds. The number of nitrogens with zero attached hydrogens (tertiary/aromatic N) is 2. The van der Waals surface area contributed by atoms with E-state index in [4.69, 9.17) is 0 Å². The van der Waals surface area contributed by atoms with Gasteiger partial charge in [-0.3, -0.25) is 0 Å². The van der Waals surface area contributed by atoms with Gasteiger partial charge in [0, 0.05) is 34.1 Å². The Hall–Kier alpha value is -5.08. The third-order valence-corrected chi connectivity index (χ3v) is 11.1. The Morgan fingerprint density at radius 1 is 0.375 bits per heavy atom. The summed E-state index contributed by atoms with van der Waals surface area (Å²) in [4.78, 5) is 4.79. The molecule has 0 aromatic heterocycles. The standard InChI is InChI=1S/C46H44N2/c1-33-15-20-39(21-16-33)48(40-22-17-34(2)18-23-40)42-30-36(35-19-24-43-44(31-35)46(4)27-25-45(43,3)26-28-46)29-41(32-42)47(37-11-7-5-8-12-37)38-13-9-6-10-14-38/h5-24,29-32H,25-28H2,1-4H3. The molecule has 0 spiro atoms. The molecular weight excluding hydrogens is 581 g/mol. The number of benzene rings is 6. The Morgan fingerprint density at radius 2 is 0.792 bits per heavy atom. The molecular formula is C46H44N2. The molecule has 1 saturated carbocycles. The number of anilines is 6. The van der Waals surface area contributed by atoms with Gasteiger partial charge in [0.15, 0.2) is 0 Å². The minimum atomic E-state index is 0.249. The average Bonchev–Trinajstić information content (AvgIpc) is 3.12. The fourth-order valence-corrected chi connectivity index (χ4v) is 8.10. The van der Waals surface area contributed by atoms with Crippen LogP contribution in [0.15, 0.2) is 146 Å². The molecule has 3 aliphatic rings. The summed E-state index contributed by atoms with van der Waals surface area (Å²) in [5.41, 5.74) is 15.5. The van der Waals surface area contributed by atoms with Crippen molar-refractivity contribution in [3.8, 4) is 11.1 Å². The predicted octanol–water partition coefficient (Wildman–Crippen LogP) is 13.0. The topological polar surface area (TPSA) is 6.48 Å². The predicted molar refractivity (Wildman–Crippen MR) is 204 cm³/mol. The van der Waals surface area contributed by atoms with E-state index in [1.807, 2.05) is 0 Å². The number of fused-ring (bicyclic) bond motifs is 2. The van der Waals surface area contributed by atoms with Crippen molar-refractivity contribution in [3.05, 3.63) is 168 Å². The molecule has 0 heterocycles. The van der Waals surface area contributed by atoms with Crippen molar-refractivity contribution in [2.45, 2.75) is 64.2 Å². The second-order valence-electron chi connectivity index (χ2n) is 14.6. The lowest BCUT2D eigenvalue weighted by Crippen LogP contribution is -2.44. The fraction of sp³-hybridized carbons (Fsp3) is 0.217. The van der Waals surface area contributed by atoms with E-state index in [-0.39, 0.29) is 5.41 Å². The van der Waals surface area contributed by atoms with Crippen LogP contribution in [0.5, 0.6) is 0 Å². The Bertz CT molecular complexity index is 1970. The first-order valence-corrected chi connectivity index (χ1v) is 17.4. The van der Waals surface area contributed by atoms with Crippen LogP contribution in [0.1, 0.15) is 61.8 Å². The highest BCUT2D eigenvalue weighted by molar-refractivity contribution is 5.87. The first-order chi connectivity index (χ1) is 23.3. The highest BCUT2D eigenvalue weighted by Crippen LogP contribution is 2.57. The molecule has 3 aliphatic carbocycles. The van der Waals surface area contributed by atoms with Crippen LogP contribution < -0.4 is 9.80 Å². The maximum atomic E-state index is 2.53. The summed E-state index contributed by atoms with van der Waals surface area (Å²) in [6.45, 7) is 9.29. The van der Waals surface area contributed by atoms with Crippen LogP contribution in [0.25, 0.3) is 11.1 Å². The molecule has 6 aromatic carbocycles. The highest BCUT2D eigenvalue weighted by Gasteiger charge is 2.47. The third-order valence-electron chi connectivity index (χ3n) is 11.1. The molecule has 0 atom stereocenters. The second-order valence-corrected chi connectivity index (χ2v) is 14.6. The SMILES string of the molecule is Cc1ccc(N(c2ccc(C)cc2)c2cc(-c3ccc4c(c3)C3(C)CCC4(C)CC3)cc(N(c3ccccc3)c3ccccc3)c2)cc1. The molecule has 2 heteroatoms. The van der Waals surface area contributed by atoms with Crippen LogP contribution in [0.3, 0.4) is 0 Å². The molecule has 0 aliphatic heterocycles. The van der Waals surface area contributed by atoms with Gasteiger partial charge >= 0.3 is 0 Å². The highest BCUT2D eigenvalue weighted by atomic mass is 15.2. The van der Waals surface area contributed by atoms with Gasteiger partial charge in [-0.05, 0) is 139 Å². The van der Waals surface area contributed by atoms with Crippen molar-refractivity contribution in [2.24, 2.45) is 0 Å². The van der Waals surface area contributed by atoms with Gasteiger partial charge in [-0.2, -0.15) is 0 Å². The third kappa shape index (κ3) is 5.40. The first kappa shape index (κ1) is 30.3. The van der Waals surface area contributed by atoms with Crippen LogP contribution in [0.4, 0.5) is 34.1 Å².